The third kappa shape index (κ3) is 4.16. The van der Waals surface area contributed by atoms with Gasteiger partial charge in [0.15, 0.2) is 0 Å². The molecule has 1 N–H and O–H groups in total. The molecule has 0 saturated carbocycles. The van der Waals surface area contributed by atoms with E-state index >= 15 is 0 Å². The fourth-order valence-corrected chi connectivity index (χ4v) is 3.65. The van der Waals surface area contributed by atoms with Gasteiger partial charge >= 0.3 is 0 Å². The van der Waals surface area contributed by atoms with Crippen molar-refractivity contribution in [1.82, 2.24) is 5.32 Å². The Kier molecular flexibility index (Phi) is 5.44. The summed E-state index contributed by atoms with van der Waals surface area (Å²) in [6, 6.07) is 10.9. The molecular formula is C18H23NOS. The molecule has 1 aliphatic carbocycles. The lowest BCUT2D eigenvalue weighted by atomic mass is 9.89. The van der Waals surface area contributed by atoms with E-state index in [1.54, 1.807) is 11.3 Å². The van der Waals surface area contributed by atoms with Crippen LogP contribution in [-0.2, 0) is 17.6 Å². The smallest absolute Gasteiger partial charge is 0.0828 e. The third-order valence-corrected chi connectivity index (χ3v) is 4.81. The maximum atomic E-state index is 6.09. The molecule has 0 aliphatic heterocycles. The van der Waals surface area contributed by atoms with E-state index in [4.69, 9.17) is 4.74 Å². The molecule has 0 amide bonds. The fraction of sp³-hybridized carbons (Fsp3) is 0.444. The molecule has 2 aromatic rings. The second-order valence-corrected chi connectivity index (χ2v) is 6.36. The van der Waals surface area contributed by atoms with Gasteiger partial charge in [0.2, 0.25) is 0 Å². The van der Waals surface area contributed by atoms with Crippen LogP contribution in [0.15, 0.2) is 41.1 Å². The Morgan fingerprint density at radius 2 is 2.14 bits per heavy atom. The molecule has 1 aromatic carbocycles. The van der Waals surface area contributed by atoms with Crippen LogP contribution in [0.2, 0.25) is 0 Å². The van der Waals surface area contributed by atoms with E-state index in [-0.39, 0.29) is 0 Å². The van der Waals surface area contributed by atoms with Crippen molar-refractivity contribution in [3.63, 3.8) is 0 Å². The predicted molar refractivity (Wildman–Crippen MR) is 89.0 cm³/mol. The minimum atomic E-state index is 0.300. The topological polar surface area (TPSA) is 21.3 Å². The number of nitrogens with one attached hydrogen (secondary N) is 1. The van der Waals surface area contributed by atoms with Crippen molar-refractivity contribution in [2.24, 2.45) is 0 Å². The van der Waals surface area contributed by atoms with Gasteiger partial charge in [0.25, 0.3) is 0 Å². The van der Waals surface area contributed by atoms with Gasteiger partial charge in [-0.2, -0.15) is 11.3 Å². The number of thiophene rings is 1. The van der Waals surface area contributed by atoms with Crippen molar-refractivity contribution in [3.05, 3.63) is 57.8 Å². The minimum Gasteiger partial charge on any atom is -0.372 e. The maximum Gasteiger partial charge on any atom is 0.0828 e. The molecule has 1 heterocycles. The van der Waals surface area contributed by atoms with E-state index < -0.39 is 0 Å². The van der Waals surface area contributed by atoms with Crippen LogP contribution in [0.1, 0.15) is 35.6 Å². The van der Waals surface area contributed by atoms with Crippen LogP contribution >= 0.6 is 11.3 Å². The highest BCUT2D eigenvalue weighted by Crippen LogP contribution is 2.31. The zero-order chi connectivity index (χ0) is 14.3. The van der Waals surface area contributed by atoms with Gasteiger partial charge in [0, 0.05) is 6.54 Å². The van der Waals surface area contributed by atoms with Gasteiger partial charge in [-0.05, 0) is 65.7 Å². The molecule has 2 nitrogen and oxygen atoms in total. The molecule has 1 unspecified atom stereocenters. The first-order chi connectivity index (χ1) is 10.4. The highest BCUT2D eigenvalue weighted by molar-refractivity contribution is 7.07. The number of benzene rings is 1. The van der Waals surface area contributed by atoms with Crippen LogP contribution < -0.4 is 5.32 Å². The van der Waals surface area contributed by atoms with Gasteiger partial charge in [0.05, 0.1) is 12.7 Å². The van der Waals surface area contributed by atoms with Gasteiger partial charge < -0.3 is 10.1 Å². The zero-order valence-electron chi connectivity index (χ0n) is 12.4. The summed E-state index contributed by atoms with van der Waals surface area (Å²) in [6.45, 7) is 2.76. The Morgan fingerprint density at radius 3 is 3.05 bits per heavy atom. The summed E-state index contributed by atoms with van der Waals surface area (Å²) >= 11 is 1.77. The van der Waals surface area contributed by atoms with Crippen molar-refractivity contribution < 1.29 is 4.74 Å². The molecular weight excluding hydrogens is 278 g/mol. The summed E-state index contributed by atoms with van der Waals surface area (Å²) in [7, 11) is 0. The van der Waals surface area contributed by atoms with Crippen molar-refractivity contribution in [3.8, 4) is 0 Å². The maximum absolute atomic E-state index is 6.09. The molecule has 3 heteroatoms. The lowest BCUT2D eigenvalue weighted by molar-refractivity contribution is 0.0428. The van der Waals surface area contributed by atoms with Crippen LogP contribution in [-0.4, -0.2) is 19.7 Å². The number of ether oxygens (including phenoxy) is 1. The third-order valence-electron chi connectivity index (χ3n) is 4.08. The van der Waals surface area contributed by atoms with Crippen LogP contribution in [0.5, 0.6) is 0 Å². The number of hydrogen-bond acceptors (Lipinski definition) is 3. The van der Waals surface area contributed by atoms with Crippen molar-refractivity contribution >= 4 is 11.3 Å². The number of fused-ring (bicyclic) bond motifs is 1. The Morgan fingerprint density at radius 1 is 1.19 bits per heavy atom. The minimum absolute atomic E-state index is 0.300. The lowest BCUT2D eigenvalue weighted by Crippen LogP contribution is -2.24. The van der Waals surface area contributed by atoms with E-state index in [0.29, 0.717) is 6.10 Å². The quantitative estimate of drug-likeness (QED) is 0.781. The normalized spacial score (nSPS) is 17.6. The lowest BCUT2D eigenvalue weighted by Gasteiger charge is -2.25. The largest absolute Gasteiger partial charge is 0.372 e. The van der Waals surface area contributed by atoms with Gasteiger partial charge in [-0.3, -0.25) is 0 Å². The van der Waals surface area contributed by atoms with Crippen LogP contribution in [0, 0.1) is 0 Å². The molecule has 112 valence electrons. The molecule has 3 rings (SSSR count). The molecule has 0 bridgehead atoms. The highest BCUT2D eigenvalue weighted by atomic mass is 32.1. The van der Waals surface area contributed by atoms with Gasteiger partial charge in [-0.15, -0.1) is 0 Å². The van der Waals surface area contributed by atoms with E-state index in [1.807, 2.05) is 0 Å². The highest BCUT2D eigenvalue weighted by Gasteiger charge is 2.19. The summed E-state index contributed by atoms with van der Waals surface area (Å²) in [5, 5.41) is 7.82. The average Bonchev–Trinajstić information content (AvgIpc) is 3.04. The summed E-state index contributed by atoms with van der Waals surface area (Å²) in [6.07, 6.45) is 5.01. The molecule has 1 aliphatic rings. The molecule has 0 radical (unpaired) electrons. The summed E-state index contributed by atoms with van der Waals surface area (Å²) in [4.78, 5) is 0. The molecule has 1 atom stereocenters. The van der Waals surface area contributed by atoms with Gasteiger partial charge in [-0.25, -0.2) is 0 Å². The van der Waals surface area contributed by atoms with Gasteiger partial charge in [0.1, 0.15) is 0 Å². The van der Waals surface area contributed by atoms with E-state index in [0.717, 1.165) is 32.5 Å². The Bertz CT molecular complexity index is 538. The van der Waals surface area contributed by atoms with E-state index in [9.17, 15) is 0 Å². The van der Waals surface area contributed by atoms with Gasteiger partial charge in [-0.1, -0.05) is 24.3 Å². The van der Waals surface area contributed by atoms with Crippen LogP contribution in [0.25, 0.3) is 0 Å². The molecule has 0 saturated heterocycles. The first-order valence-corrected chi connectivity index (χ1v) is 8.79. The Balaban J connectivity index is 1.36. The Hall–Kier alpha value is -1.16. The average molecular weight is 301 g/mol. The molecule has 0 spiro atoms. The van der Waals surface area contributed by atoms with Crippen LogP contribution in [0.3, 0.4) is 0 Å². The molecule has 1 aromatic heterocycles. The summed E-state index contributed by atoms with van der Waals surface area (Å²) in [5.74, 6) is 0. The van der Waals surface area contributed by atoms with E-state index in [1.165, 1.54) is 29.5 Å². The molecule has 0 fully saturated rings. The number of aryl methyl sites for hydroxylation is 1. The zero-order valence-corrected chi connectivity index (χ0v) is 13.2. The monoisotopic (exact) mass is 301 g/mol. The van der Waals surface area contributed by atoms with Crippen molar-refractivity contribution in [2.45, 2.75) is 31.8 Å². The molecule has 21 heavy (non-hydrogen) atoms. The SMILES string of the molecule is c1ccc2c(c1)CCCC2OCCNCCc1ccsc1. The van der Waals surface area contributed by atoms with Crippen molar-refractivity contribution in [2.75, 3.05) is 19.7 Å². The van der Waals surface area contributed by atoms with E-state index in [2.05, 4.69) is 46.4 Å². The number of rotatable bonds is 7. The first-order valence-electron chi connectivity index (χ1n) is 7.84. The number of hydrogen-bond donors (Lipinski definition) is 1. The Labute approximate surface area is 131 Å². The predicted octanol–water partition coefficient (Wildman–Crippen LogP) is 3.97. The summed E-state index contributed by atoms with van der Waals surface area (Å²) < 4.78 is 6.09. The second-order valence-electron chi connectivity index (χ2n) is 5.58. The second kappa shape index (κ2) is 7.74. The van der Waals surface area contributed by atoms with Crippen LogP contribution in [0.4, 0.5) is 0 Å². The first kappa shape index (κ1) is 14.8. The summed E-state index contributed by atoms with van der Waals surface area (Å²) in [5.41, 5.74) is 4.30. The fourth-order valence-electron chi connectivity index (χ4n) is 2.95. The van der Waals surface area contributed by atoms with Crippen molar-refractivity contribution in [1.29, 1.82) is 0 Å². The standard InChI is InChI=1S/C18H23NOS/c1-2-6-17-16(4-1)5-3-7-18(17)20-12-11-19-10-8-15-9-13-21-14-15/h1-2,4,6,9,13-14,18-19H,3,5,7-8,10-12H2.